The number of benzene rings is 3. The van der Waals surface area contributed by atoms with Crippen molar-refractivity contribution in [2.45, 2.75) is 64.1 Å². The number of amides is 2. The summed E-state index contributed by atoms with van der Waals surface area (Å²) in [6.45, 7) is 6.01. The lowest BCUT2D eigenvalue weighted by Crippen LogP contribution is -2.52. The molecule has 4 rings (SSSR count). The van der Waals surface area contributed by atoms with Crippen LogP contribution in [0.3, 0.4) is 0 Å². The Morgan fingerprint density at radius 3 is 2.20 bits per heavy atom. The Morgan fingerprint density at radius 2 is 1.58 bits per heavy atom. The predicted molar refractivity (Wildman–Crippen MR) is 194 cm³/mol. The third-order valence-corrected chi connectivity index (χ3v) is 8.27. The van der Waals surface area contributed by atoms with Gasteiger partial charge in [-0.05, 0) is 94.3 Å². The topological polar surface area (TPSA) is 145 Å². The maximum atomic E-state index is 14.9. The second kappa shape index (κ2) is 16.9. The van der Waals surface area contributed by atoms with Gasteiger partial charge in [0.2, 0.25) is 5.60 Å². The number of nitrogens with one attached hydrogen (secondary N) is 2. The van der Waals surface area contributed by atoms with Crippen molar-refractivity contribution in [1.29, 1.82) is 0 Å². The maximum Gasteiger partial charge on any atom is 0.424 e. The first kappa shape index (κ1) is 42.3. The van der Waals surface area contributed by atoms with Crippen molar-refractivity contribution in [1.82, 2.24) is 15.6 Å². The zero-order valence-corrected chi connectivity index (χ0v) is 31.5. The SMILES string of the molecule is COc1cc(C(=O)NCC(O)(c2cc(C(C)(C)NC(=O)OCc3ccccc3)cc(-c3ccc(F)c(Cl)c3)n2)C(F)(F)F)ccc1OCC(=O)OC(C)(C)C. The zero-order valence-electron chi connectivity index (χ0n) is 30.8. The molecule has 2 amide bonds. The minimum absolute atomic E-state index is 0.0173. The molecule has 294 valence electrons. The van der Waals surface area contributed by atoms with Crippen LogP contribution in [0, 0.1) is 5.82 Å². The van der Waals surface area contributed by atoms with Crippen LogP contribution in [-0.2, 0) is 32.0 Å². The number of nitrogens with zero attached hydrogens (tertiary/aromatic N) is 1. The van der Waals surface area contributed by atoms with Gasteiger partial charge in [-0.25, -0.2) is 19.0 Å². The Morgan fingerprint density at radius 1 is 0.891 bits per heavy atom. The molecule has 16 heteroatoms. The summed E-state index contributed by atoms with van der Waals surface area (Å²) in [6, 6.07) is 18.1. The van der Waals surface area contributed by atoms with E-state index < -0.39 is 65.5 Å². The summed E-state index contributed by atoms with van der Waals surface area (Å²) >= 11 is 5.99. The van der Waals surface area contributed by atoms with Crippen LogP contribution in [0.5, 0.6) is 11.5 Å². The lowest BCUT2D eigenvalue weighted by atomic mass is 9.88. The van der Waals surface area contributed by atoms with E-state index in [1.165, 1.54) is 51.3 Å². The van der Waals surface area contributed by atoms with Gasteiger partial charge in [0.05, 0.1) is 35.6 Å². The molecule has 4 aromatic rings. The minimum atomic E-state index is -5.42. The van der Waals surface area contributed by atoms with Crippen LogP contribution in [0.1, 0.15) is 61.8 Å². The number of aromatic nitrogens is 1. The molecule has 3 N–H and O–H groups in total. The summed E-state index contributed by atoms with van der Waals surface area (Å²) in [6.07, 6.45) is -6.32. The number of alkyl halides is 3. The number of ether oxygens (including phenoxy) is 4. The number of esters is 1. The highest BCUT2D eigenvalue weighted by Gasteiger charge is 2.56. The number of pyridine rings is 1. The van der Waals surface area contributed by atoms with Gasteiger partial charge in [-0.15, -0.1) is 0 Å². The molecule has 3 aromatic carbocycles. The molecule has 11 nitrogen and oxygen atoms in total. The fraction of sp³-hybridized carbons (Fsp3) is 0.333. The van der Waals surface area contributed by atoms with E-state index in [0.29, 0.717) is 5.56 Å². The summed E-state index contributed by atoms with van der Waals surface area (Å²) in [5, 5.41) is 15.8. The van der Waals surface area contributed by atoms with Crippen molar-refractivity contribution in [3.63, 3.8) is 0 Å². The fourth-order valence-electron chi connectivity index (χ4n) is 5.08. The highest BCUT2D eigenvalue weighted by atomic mass is 35.5. The van der Waals surface area contributed by atoms with Gasteiger partial charge in [-0.3, -0.25) is 4.79 Å². The predicted octanol–water partition coefficient (Wildman–Crippen LogP) is 7.61. The first-order valence-corrected chi connectivity index (χ1v) is 17.1. The quantitative estimate of drug-likeness (QED) is 0.0921. The van der Waals surface area contributed by atoms with E-state index in [-0.39, 0.29) is 45.5 Å². The monoisotopic (exact) mass is 789 g/mol. The maximum absolute atomic E-state index is 14.9. The molecular formula is C39H40ClF4N3O8. The van der Waals surface area contributed by atoms with Gasteiger partial charge < -0.3 is 34.7 Å². The fourth-order valence-corrected chi connectivity index (χ4v) is 5.26. The number of carbonyl (C=O) groups is 3. The standard InChI is InChI=1S/C39H40ClF4N3O8/c1-36(2,3)55-33(48)21-53-30-15-13-25(17-31(30)52-6)34(49)45-22-38(51,39(42,43)44)32-19-26(18-29(46-32)24-12-14-28(41)27(40)16-24)37(4,5)47-35(50)54-20-23-10-8-7-9-11-23/h7-19,51H,20-22H2,1-6H3,(H,45,49)(H,47,50). The molecule has 1 atom stereocenters. The Labute approximate surface area is 319 Å². The van der Waals surface area contributed by atoms with Crippen molar-refractivity contribution in [2.75, 3.05) is 20.3 Å². The van der Waals surface area contributed by atoms with Crippen LogP contribution in [0.15, 0.2) is 78.9 Å². The molecule has 0 aliphatic rings. The first-order valence-electron chi connectivity index (χ1n) is 16.7. The number of carbonyl (C=O) groups excluding carboxylic acids is 3. The third kappa shape index (κ3) is 11.1. The molecule has 1 unspecified atom stereocenters. The van der Waals surface area contributed by atoms with E-state index in [1.54, 1.807) is 51.1 Å². The molecular weight excluding hydrogens is 750 g/mol. The molecule has 1 aromatic heterocycles. The van der Waals surface area contributed by atoms with Crippen LogP contribution < -0.4 is 20.1 Å². The number of halogens is 5. The first-order chi connectivity index (χ1) is 25.6. The molecule has 0 aliphatic heterocycles. The lowest BCUT2D eigenvalue weighted by Gasteiger charge is -2.33. The van der Waals surface area contributed by atoms with E-state index in [9.17, 15) is 37.1 Å². The van der Waals surface area contributed by atoms with Gasteiger partial charge in [0.1, 0.15) is 18.0 Å². The van der Waals surface area contributed by atoms with E-state index in [2.05, 4.69) is 15.6 Å². The number of hydrogen-bond donors (Lipinski definition) is 3. The van der Waals surface area contributed by atoms with Gasteiger partial charge in [0.25, 0.3) is 5.91 Å². The minimum Gasteiger partial charge on any atom is -0.493 e. The largest absolute Gasteiger partial charge is 0.493 e. The summed E-state index contributed by atoms with van der Waals surface area (Å²) in [5.74, 6) is -2.47. The molecule has 0 saturated carbocycles. The number of alkyl carbamates (subject to hydrolysis) is 1. The van der Waals surface area contributed by atoms with Crippen LogP contribution >= 0.6 is 11.6 Å². The molecule has 1 heterocycles. The van der Waals surface area contributed by atoms with Crippen LogP contribution in [0.25, 0.3) is 11.3 Å². The molecule has 55 heavy (non-hydrogen) atoms. The molecule has 0 radical (unpaired) electrons. The van der Waals surface area contributed by atoms with Gasteiger partial charge in [-0.1, -0.05) is 41.9 Å². The van der Waals surface area contributed by atoms with Crippen molar-refractivity contribution in [3.05, 3.63) is 112 Å². The number of methoxy groups -OCH3 is 1. The molecule has 0 fully saturated rings. The Kier molecular flexibility index (Phi) is 13.0. The van der Waals surface area contributed by atoms with Crippen LogP contribution in [0.2, 0.25) is 5.02 Å². The number of aliphatic hydroxyl groups is 1. The second-order valence-electron chi connectivity index (χ2n) is 13.8. The number of rotatable bonds is 13. The molecule has 0 bridgehead atoms. The van der Waals surface area contributed by atoms with Gasteiger partial charge >= 0.3 is 18.2 Å². The van der Waals surface area contributed by atoms with E-state index in [1.807, 2.05) is 0 Å². The zero-order chi connectivity index (χ0) is 40.8. The van der Waals surface area contributed by atoms with Crippen molar-refractivity contribution < 1.29 is 56.0 Å². The molecule has 0 spiro atoms. The van der Waals surface area contributed by atoms with Crippen LogP contribution in [0.4, 0.5) is 22.4 Å². The summed E-state index contributed by atoms with van der Waals surface area (Å²) in [7, 11) is 1.25. The van der Waals surface area contributed by atoms with Crippen molar-refractivity contribution in [3.8, 4) is 22.8 Å². The normalized spacial score (nSPS) is 12.9. The summed E-state index contributed by atoms with van der Waals surface area (Å²) in [4.78, 5) is 42.3. The van der Waals surface area contributed by atoms with E-state index in [0.717, 1.165) is 18.2 Å². The van der Waals surface area contributed by atoms with Gasteiger partial charge in [-0.2, -0.15) is 13.2 Å². The van der Waals surface area contributed by atoms with Crippen molar-refractivity contribution in [2.24, 2.45) is 0 Å². The Bertz CT molecular complexity index is 2020. The average Bonchev–Trinajstić information content (AvgIpc) is 3.11. The third-order valence-electron chi connectivity index (χ3n) is 7.98. The molecule has 0 saturated heterocycles. The second-order valence-corrected chi connectivity index (χ2v) is 14.3. The highest BCUT2D eigenvalue weighted by Crippen LogP contribution is 2.40. The Balaban J connectivity index is 1.65. The van der Waals surface area contributed by atoms with Gasteiger partial charge in [0.15, 0.2) is 18.1 Å². The molecule has 0 aliphatic carbocycles. The highest BCUT2D eigenvalue weighted by molar-refractivity contribution is 6.31. The van der Waals surface area contributed by atoms with Gasteiger partial charge in [0, 0.05) is 11.1 Å². The summed E-state index contributed by atoms with van der Waals surface area (Å²) < 4.78 is 80.1. The smallest absolute Gasteiger partial charge is 0.424 e. The van der Waals surface area contributed by atoms with E-state index >= 15 is 0 Å². The summed E-state index contributed by atoms with van der Waals surface area (Å²) in [5.41, 5.74) is -6.49. The lowest BCUT2D eigenvalue weighted by molar-refractivity contribution is -0.265. The van der Waals surface area contributed by atoms with Crippen molar-refractivity contribution >= 4 is 29.6 Å². The average molecular weight is 790 g/mol. The Hall–Kier alpha value is -5.41. The van der Waals surface area contributed by atoms with Crippen LogP contribution in [-0.4, -0.2) is 60.1 Å². The number of hydrogen-bond acceptors (Lipinski definition) is 9. The van der Waals surface area contributed by atoms with E-state index in [4.69, 9.17) is 30.5 Å².